The van der Waals surface area contributed by atoms with E-state index in [1.54, 1.807) is 7.05 Å². The predicted octanol–water partition coefficient (Wildman–Crippen LogP) is 3.90. The number of carbonyl (C=O) groups is 1. The number of nitrogens with one attached hydrogen (secondary N) is 2. The molecule has 1 heterocycles. The fraction of sp³-hybridized carbons (Fsp3) is 0.391. The van der Waals surface area contributed by atoms with Gasteiger partial charge in [0.2, 0.25) is 5.91 Å². The van der Waals surface area contributed by atoms with Crippen molar-refractivity contribution < 1.29 is 4.79 Å². The van der Waals surface area contributed by atoms with Crippen molar-refractivity contribution in [1.29, 1.82) is 0 Å². The van der Waals surface area contributed by atoms with E-state index in [2.05, 4.69) is 58.1 Å². The number of benzene rings is 2. The Labute approximate surface area is 190 Å². The summed E-state index contributed by atoms with van der Waals surface area (Å²) in [4.78, 5) is 18.1. The first-order valence-electron chi connectivity index (χ1n) is 10.1. The molecule has 1 aliphatic carbocycles. The van der Waals surface area contributed by atoms with E-state index in [0.717, 1.165) is 31.2 Å². The molecule has 0 radical (unpaired) electrons. The summed E-state index contributed by atoms with van der Waals surface area (Å²) < 4.78 is 0. The largest absolute Gasteiger partial charge is 0.356 e. The predicted molar refractivity (Wildman–Crippen MR) is 129 cm³/mol. The summed E-state index contributed by atoms with van der Waals surface area (Å²) in [5.41, 5.74) is 3.61. The summed E-state index contributed by atoms with van der Waals surface area (Å²) >= 11 is 0. The number of rotatable bonds is 6. The molecule has 2 aliphatic rings. The van der Waals surface area contributed by atoms with Gasteiger partial charge in [0.1, 0.15) is 0 Å². The summed E-state index contributed by atoms with van der Waals surface area (Å²) in [6, 6.07) is 19.0. The van der Waals surface area contributed by atoms with E-state index in [4.69, 9.17) is 0 Å². The van der Waals surface area contributed by atoms with Crippen molar-refractivity contribution in [2.75, 3.05) is 25.0 Å². The molecule has 0 bridgehead atoms. The van der Waals surface area contributed by atoms with Crippen LogP contribution >= 0.6 is 24.0 Å². The van der Waals surface area contributed by atoms with Gasteiger partial charge in [-0.15, -0.1) is 24.0 Å². The lowest BCUT2D eigenvalue weighted by molar-refractivity contribution is -0.117. The zero-order valence-electron chi connectivity index (χ0n) is 16.8. The smallest absolute Gasteiger partial charge is 0.227 e. The lowest BCUT2D eigenvalue weighted by atomic mass is 10.1. The standard InChI is InChI=1S/C23H28N4O.HI/c1-24-23(26-16-19-14-21(19)18-6-3-2-4-7-18)25-15-17-9-11-20(12-10-17)27-13-5-8-22(27)28;/h2-4,6-7,9-12,19,21H,5,8,13-16H2,1H3,(H2,24,25,26);1H. The van der Waals surface area contributed by atoms with Crippen LogP contribution in [0.3, 0.4) is 0 Å². The summed E-state index contributed by atoms with van der Waals surface area (Å²) in [6.07, 6.45) is 2.86. The van der Waals surface area contributed by atoms with Gasteiger partial charge in [-0.05, 0) is 47.9 Å². The van der Waals surface area contributed by atoms with Gasteiger partial charge in [-0.2, -0.15) is 0 Å². The minimum Gasteiger partial charge on any atom is -0.356 e. The lowest BCUT2D eigenvalue weighted by Crippen LogP contribution is -2.38. The molecule has 2 atom stereocenters. The highest BCUT2D eigenvalue weighted by Gasteiger charge is 2.37. The number of nitrogens with zero attached hydrogens (tertiary/aromatic N) is 2. The SMILES string of the molecule is CN=C(NCc1ccc(N2CCCC2=O)cc1)NCC1CC1c1ccccc1.I. The van der Waals surface area contributed by atoms with Crippen LogP contribution in [0.5, 0.6) is 0 Å². The Bertz CT molecular complexity index is 838. The molecule has 2 N–H and O–H groups in total. The van der Waals surface area contributed by atoms with Crippen LogP contribution in [0.2, 0.25) is 0 Å². The van der Waals surface area contributed by atoms with Crippen molar-refractivity contribution in [2.45, 2.75) is 31.7 Å². The Kier molecular flexibility index (Phi) is 7.52. The van der Waals surface area contributed by atoms with Gasteiger partial charge in [-0.25, -0.2) is 0 Å². The fourth-order valence-corrected chi connectivity index (χ4v) is 3.93. The molecule has 154 valence electrons. The molecule has 1 saturated carbocycles. The van der Waals surface area contributed by atoms with Crippen molar-refractivity contribution in [3.63, 3.8) is 0 Å². The molecule has 2 aromatic carbocycles. The topological polar surface area (TPSA) is 56.7 Å². The molecule has 2 aromatic rings. The van der Waals surface area contributed by atoms with Crippen LogP contribution in [0.1, 0.15) is 36.3 Å². The molecule has 29 heavy (non-hydrogen) atoms. The van der Waals surface area contributed by atoms with Gasteiger partial charge >= 0.3 is 0 Å². The molecule has 0 spiro atoms. The van der Waals surface area contributed by atoms with E-state index < -0.39 is 0 Å². The second kappa shape index (κ2) is 10.1. The van der Waals surface area contributed by atoms with Gasteiger partial charge in [0.25, 0.3) is 0 Å². The van der Waals surface area contributed by atoms with Crippen molar-refractivity contribution >= 4 is 41.5 Å². The van der Waals surface area contributed by atoms with Crippen molar-refractivity contribution in [2.24, 2.45) is 10.9 Å². The first kappa shape index (κ1) is 21.6. The molecule has 1 amide bonds. The summed E-state index contributed by atoms with van der Waals surface area (Å²) in [5, 5.41) is 6.83. The minimum atomic E-state index is 0. The van der Waals surface area contributed by atoms with Crippen LogP contribution in [0, 0.1) is 5.92 Å². The molecular formula is C23H29IN4O. The van der Waals surface area contributed by atoms with Crippen LogP contribution in [0.25, 0.3) is 0 Å². The highest BCUT2D eigenvalue weighted by molar-refractivity contribution is 14.0. The van der Waals surface area contributed by atoms with Gasteiger partial charge in [0, 0.05) is 38.8 Å². The summed E-state index contributed by atoms with van der Waals surface area (Å²) in [6.45, 7) is 2.48. The van der Waals surface area contributed by atoms with Crippen LogP contribution in [0.15, 0.2) is 59.6 Å². The molecule has 1 saturated heterocycles. The van der Waals surface area contributed by atoms with Crippen LogP contribution in [-0.4, -0.2) is 32.0 Å². The molecule has 5 nitrogen and oxygen atoms in total. The maximum atomic E-state index is 11.8. The van der Waals surface area contributed by atoms with Crippen LogP contribution < -0.4 is 15.5 Å². The molecule has 2 unspecified atom stereocenters. The van der Waals surface area contributed by atoms with E-state index in [0.29, 0.717) is 24.8 Å². The number of carbonyl (C=O) groups excluding carboxylic acids is 1. The number of amides is 1. The second-order valence-corrected chi connectivity index (χ2v) is 7.64. The van der Waals surface area contributed by atoms with Crippen molar-refractivity contribution in [1.82, 2.24) is 10.6 Å². The monoisotopic (exact) mass is 504 g/mol. The molecule has 6 heteroatoms. The van der Waals surface area contributed by atoms with Crippen LogP contribution in [-0.2, 0) is 11.3 Å². The van der Waals surface area contributed by atoms with Crippen molar-refractivity contribution in [3.8, 4) is 0 Å². The Balaban J connectivity index is 0.00000240. The Hall–Kier alpha value is -2.09. The van der Waals surface area contributed by atoms with Gasteiger partial charge in [0.05, 0.1) is 0 Å². The molecule has 0 aromatic heterocycles. The van der Waals surface area contributed by atoms with Crippen molar-refractivity contribution in [3.05, 3.63) is 65.7 Å². The maximum absolute atomic E-state index is 11.8. The molecule has 1 aliphatic heterocycles. The third-order valence-electron chi connectivity index (χ3n) is 5.69. The normalized spacial score (nSPS) is 20.9. The highest BCUT2D eigenvalue weighted by Crippen LogP contribution is 2.46. The second-order valence-electron chi connectivity index (χ2n) is 7.64. The van der Waals surface area contributed by atoms with E-state index in [1.165, 1.54) is 17.5 Å². The zero-order chi connectivity index (χ0) is 19.3. The number of aliphatic imine (C=N–C) groups is 1. The average Bonchev–Trinajstić information content (AvgIpc) is 3.40. The number of halogens is 1. The number of anilines is 1. The summed E-state index contributed by atoms with van der Waals surface area (Å²) in [5.74, 6) is 2.41. The number of hydrogen-bond acceptors (Lipinski definition) is 2. The van der Waals surface area contributed by atoms with E-state index in [1.807, 2.05) is 17.0 Å². The number of guanidine groups is 1. The van der Waals surface area contributed by atoms with E-state index >= 15 is 0 Å². The zero-order valence-corrected chi connectivity index (χ0v) is 19.1. The highest BCUT2D eigenvalue weighted by atomic mass is 127. The first-order valence-corrected chi connectivity index (χ1v) is 10.1. The third kappa shape index (κ3) is 5.50. The Morgan fingerprint density at radius 1 is 1.10 bits per heavy atom. The minimum absolute atomic E-state index is 0. The van der Waals surface area contributed by atoms with E-state index in [-0.39, 0.29) is 29.9 Å². The third-order valence-corrected chi connectivity index (χ3v) is 5.69. The van der Waals surface area contributed by atoms with Gasteiger partial charge in [-0.3, -0.25) is 9.79 Å². The quantitative estimate of drug-likeness (QED) is 0.357. The Morgan fingerprint density at radius 3 is 2.52 bits per heavy atom. The average molecular weight is 504 g/mol. The molecule has 2 fully saturated rings. The molecule has 4 rings (SSSR count). The van der Waals surface area contributed by atoms with E-state index in [9.17, 15) is 4.79 Å². The number of hydrogen-bond donors (Lipinski definition) is 2. The Morgan fingerprint density at radius 2 is 1.86 bits per heavy atom. The van der Waals surface area contributed by atoms with Gasteiger partial charge in [-0.1, -0.05) is 42.5 Å². The summed E-state index contributed by atoms with van der Waals surface area (Å²) in [7, 11) is 1.80. The fourth-order valence-electron chi connectivity index (χ4n) is 3.93. The first-order chi connectivity index (χ1) is 13.7. The molecular weight excluding hydrogens is 475 g/mol. The van der Waals surface area contributed by atoms with Gasteiger partial charge in [0.15, 0.2) is 5.96 Å². The maximum Gasteiger partial charge on any atom is 0.227 e. The van der Waals surface area contributed by atoms with Crippen LogP contribution in [0.4, 0.5) is 5.69 Å². The van der Waals surface area contributed by atoms with Gasteiger partial charge < -0.3 is 15.5 Å². The lowest BCUT2D eigenvalue weighted by Gasteiger charge is -2.16.